The predicted octanol–water partition coefficient (Wildman–Crippen LogP) is 2.32. The van der Waals surface area contributed by atoms with Crippen LogP contribution >= 0.6 is 0 Å². The highest BCUT2D eigenvalue weighted by Gasteiger charge is 2.11. The maximum atomic E-state index is 3.55. The van der Waals surface area contributed by atoms with E-state index in [9.17, 15) is 0 Å². The van der Waals surface area contributed by atoms with E-state index in [-0.39, 0.29) is 0 Å². The second-order valence-electron chi connectivity index (χ2n) is 3.47. The molecule has 0 saturated heterocycles. The van der Waals surface area contributed by atoms with Crippen LogP contribution in [-0.2, 0) is 0 Å². The van der Waals surface area contributed by atoms with E-state index in [1.54, 1.807) is 0 Å². The summed E-state index contributed by atoms with van der Waals surface area (Å²) < 4.78 is 0. The van der Waals surface area contributed by atoms with Crippen LogP contribution in [0.3, 0.4) is 0 Å². The van der Waals surface area contributed by atoms with Crippen LogP contribution in [0.15, 0.2) is 0 Å². The standard InChI is InChI=1S/C11H19N/c1-2-3-7-10-12-11-8-5-4-6-9-11/h11-12H,4-10H2,1H3. The summed E-state index contributed by atoms with van der Waals surface area (Å²) in [6.45, 7) is 2.98. The van der Waals surface area contributed by atoms with Crippen LogP contribution in [0.25, 0.3) is 0 Å². The second kappa shape index (κ2) is 6.08. The van der Waals surface area contributed by atoms with Crippen molar-refractivity contribution in [2.24, 2.45) is 0 Å². The summed E-state index contributed by atoms with van der Waals surface area (Å²) in [5.41, 5.74) is 0. The first-order chi connectivity index (χ1) is 5.93. The Hall–Kier alpha value is -0.480. The van der Waals surface area contributed by atoms with Crippen LogP contribution < -0.4 is 5.32 Å². The molecule has 1 fully saturated rings. The lowest BCUT2D eigenvalue weighted by Crippen LogP contribution is -2.31. The minimum Gasteiger partial charge on any atom is -0.313 e. The molecule has 1 aliphatic rings. The third kappa shape index (κ3) is 3.78. The van der Waals surface area contributed by atoms with Crippen LogP contribution in [0, 0.1) is 11.8 Å². The predicted molar refractivity (Wildman–Crippen MR) is 52.9 cm³/mol. The first-order valence-electron chi connectivity index (χ1n) is 5.06. The Bertz CT molecular complexity index is 158. The number of hydrogen-bond donors (Lipinski definition) is 1. The van der Waals surface area contributed by atoms with Crippen molar-refractivity contribution in [3.63, 3.8) is 0 Å². The summed E-state index contributed by atoms with van der Waals surface area (Å²) in [5.74, 6) is 5.99. The van der Waals surface area contributed by atoms with E-state index in [4.69, 9.17) is 0 Å². The van der Waals surface area contributed by atoms with Gasteiger partial charge in [0.25, 0.3) is 0 Å². The monoisotopic (exact) mass is 165 g/mol. The highest BCUT2D eigenvalue weighted by molar-refractivity contribution is 4.95. The van der Waals surface area contributed by atoms with Crippen molar-refractivity contribution in [2.45, 2.75) is 51.5 Å². The van der Waals surface area contributed by atoms with Crippen molar-refractivity contribution in [1.82, 2.24) is 5.32 Å². The molecule has 0 aromatic rings. The second-order valence-corrected chi connectivity index (χ2v) is 3.47. The Morgan fingerprint density at radius 2 is 2.00 bits per heavy atom. The van der Waals surface area contributed by atoms with Gasteiger partial charge >= 0.3 is 0 Å². The average molecular weight is 165 g/mol. The summed E-state index contributed by atoms with van der Waals surface area (Å²) in [6.07, 6.45) is 8.02. The number of rotatable bonds is 3. The first kappa shape index (κ1) is 9.61. The van der Waals surface area contributed by atoms with Crippen LogP contribution in [0.2, 0.25) is 0 Å². The highest BCUT2D eigenvalue weighted by atomic mass is 14.9. The van der Waals surface area contributed by atoms with Gasteiger partial charge in [0.1, 0.15) is 0 Å². The van der Waals surface area contributed by atoms with Crippen molar-refractivity contribution in [1.29, 1.82) is 0 Å². The molecule has 1 saturated carbocycles. The van der Waals surface area contributed by atoms with Gasteiger partial charge in [0.2, 0.25) is 0 Å². The van der Waals surface area contributed by atoms with Gasteiger partial charge in [-0.05, 0) is 19.8 Å². The van der Waals surface area contributed by atoms with Crippen LogP contribution in [0.1, 0.15) is 45.4 Å². The fraction of sp³-hybridized carbons (Fsp3) is 0.818. The van der Waals surface area contributed by atoms with Gasteiger partial charge in [-0.15, -0.1) is 11.8 Å². The van der Waals surface area contributed by atoms with E-state index in [2.05, 4.69) is 17.2 Å². The minimum absolute atomic E-state index is 0.789. The van der Waals surface area contributed by atoms with E-state index in [0.717, 1.165) is 19.0 Å². The molecule has 1 rings (SSSR count). The summed E-state index contributed by atoms with van der Waals surface area (Å²) >= 11 is 0. The van der Waals surface area contributed by atoms with Gasteiger partial charge < -0.3 is 5.32 Å². The quantitative estimate of drug-likeness (QED) is 0.500. The Kier molecular flexibility index (Phi) is 4.87. The zero-order chi connectivity index (χ0) is 8.65. The molecule has 1 heteroatoms. The normalized spacial score (nSPS) is 18.4. The maximum Gasteiger partial charge on any atom is 0.0214 e. The minimum atomic E-state index is 0.789. The average Bonchev–Trinajstić information content (AvgIpc) is 2.14. The molecule has 1 nitrogen and oxygen atoms in total. The number of nitrogens with one attached hydrogen (secondary N) is 1. The molecule has 68 valence electrons. The molecule has 0 spiro atoms. The smallest absolute Gasteiger partial charge is 0.0214 e. The molecule has 0 aliphatic heterocycles. The van der Waals surface area contributed by atoms with Crippen LogP contribution in [0.4, 0.5) is 0 Å². The van der Waals surface area contributed by atoms with Crippen molar-refractivity contribution >= 4 is 0 Å². The fourth-order valence-corrected chi connectivity index (χ4v) is 1.77. The third-order valence-corrected chi connectivity index (χ3v) is 2.46. The molecule has 0 aromatic carbocycles. The van der Waals surface area contributed by atoms with Crippen LogP contribution in [0.5, 0.6) is 0 Å². The van der Waals surface area contributed by atoms with Crippen molar-refractivity contribution in [2.75, 3.05) is 6.54 Å². The van der Waals surface area contributed by atoms with E-state index < -0.39 is 0 Å². The van der Waals surface area contributed by atoms with Crippen molar-refractivity contribution < 1.29 is 0 Å². The van der Waals surface area contributed by atoms with E-state index in [1.807, 2.05) is 6.92 Å². The van der Waals surface area contributed by atoms with Gasteiger partial charge in [-0.25, -0.2) is 0 Å². The molecule has 12 heavy (non-hydrogen) atoms. The summed E-state index contributed by atoms with van der Waals surface area (Å²) in [6, 6.07) is 0.789. The Labute approximate surface area is 75.9 Å². The molecule has 0 unspecified atom stereocenters. The topological polar surface area (TPSA) is 12.0 Å². The molecule has 1 N–H and O–H groups in total. The lowest BCUT2D eigenvalue weighted by molar-refractivity contribution is 0.377. The Balaban J connectivity index is 2.00. The summed E-state index contributed by atoms with van der Waals surface area (Å²) in [7, 11) is 0. The molecule has 0 heterocycles. The van der Waals surface area contributed by atoms with Gasteiger partial charge in [-0.2, -0.15) is 0 Å². The molecular weight excluding hydrogens is 146 g/mol. The van der Waals surface area contributed by atoms with Crippen LogP contribution in [-0.4, -0.2) is 12.6 Å². The zero-order valence-corrected chi connectivity index (χ0v) is 8.03. The Morgan fingerprint density at radius 3 is 2.67 bits per heavy atom. The molecule has 0 atom stereocenters. The lowest BCUT2D eigenvalue weighted by atomic mass is 9.95. The zero-order valence-electron chi connectivity index (χ0n) is 8.03. The largest absolute Gasteiger partial charge is 0.313 e. The summed E-state index contributed by atoms with van der Waals surface area (Å²) in [5, 5.41) is 3.55. The highest BCUT2D eigenvalue weighted by Crippen LogP contribution is 2.16. The van der Waals surface area contributed by atoms with Gasteiger partial charge in [0.15, 0.2) is 0 Å². The SMILES string of the molecule is CC#CCCNC1CCCCC1. The van der Waals surface area contributed by atoms with Gasteiger partial charge in [0.05, 0.1) is 0 Å². The van der Waals surface area contributed by atoms with E-state index in [1.165, 1.54) is 32.1 Å². The van der Waals surface area contributed by atoms with E-state index >= 15 is 0 Å². The molecule has 0 aromatic heterocycles. The lowest BCUT2D eigenvalue weighted by Gasteiger charge is -2.22. The number of hydrogen-bond acceptors (Lipinski definition) is 1. The molecule has 0 bridgehead atoms. The first-order valence-corrected chi connectivity index (χ1v) is 5.06. The van der Waals surface area contributed by atoms with Gasteiger partial charge in [0, 0.05) is 19.0 Å². The molecule has 0 amide bonds. The molecule has 0 radical (unpaired) electrons. The maximum absolute atomic E-state index is 3.55. The van der Waals surface area contributed by atoms with E-state index in [0.29, 0.717) is 0 Å². The third-order valence-electron chi connectivity index (χ3n) is 2.46. The van der Waals surface area contributed by atoms with Gasteiger partial charge in [-0.3, -0.25) is 0 Å². The fourth-order valence-electron chi connectivity index (χ4n) is 1.77. The van der Waals surface area contributed by atoms with Gasteiger partial charge in [-0.1, -0.05) is 19.3 Å². The molecule has 1 aliphatic carbocycles. The van der Waals surface area contributed by atoms with Crippen molar-refractivity contribution in [3.8, 4) is 11.8 Å². The van der Waals surface area contributed by atoms with Crippen molar-refractivity contribution in [3.05, 3.63) is 0 Å². The molecular formula is C11H19N. The Morgan fingerprint density at radius 1 is 1.25 bits per heavy atom. The summed E-state index contributed by atoms with van der Waals surface area (Å²) in [4.78, 5) is 0.